The molecule has 0 spiro atoms. The van der Waals surface area contributed by atoms with Crippen LogP contribution in [0, 0.1) is 0 Å². The van der Waals surface area contributed by atoms with E-state index in [1.165, 1.54) is 89.9 Å². The first-order chi connectivity index (χ1) is 52.0. The lowest BCUT2D eigenvalue weighted by Crippen LogP contribution is -2.37. The molecule has 0 aromatic rings. The van der Waals surface area contributed by atoms with Gasteiger partial charge in [-0.15, -0.1) is 0 Å². The number of hydrogen-bond acceptors (Lipinski definition) is 7. The molecular formula is C96H153NO8P+. The number of phosphoric ester groups is 1. The molecule has 0 heterocycles. The van der Waals surface area contributed by atoms with Crippen LogP contribution in [-0.2, 0) is 32.7 Å². The predicted octanol–water partition coefficient (Wildman–Crippen LogP) is 28.6. The summed E-state index contributed by atoms with van der Waals surface area (Å²) in [7, 11) is 1.43. The first-order valence-electron chi connectivity index (χ1n) is 41.8. The van der Waals surface area contributed by atoms with Crippen molar-refractivity contribution in [3.63, 3.8) is 0 Å². The number of quaternary nitrogens is 1. The number of likely N-dealkylation sites (N-methyl/N-ethyl adjacent to an activating group) is 1. The number of ether oxygens (including phenoxy) is 2. The third-order valence-corrected chi connectivity index (χ3v) is 17.9. The Morgan fingerprint density at radius 1 is 0.292 bits per heavy atom. The standard InChI is InChI=1S/C96H152NO8P/c1-6-8-10-12-14-16-18-20-22-24-26-28-30-32-34-36-38-40-42-44-46-48-50-52-54-56-58-60-62-64-66-68-70-72-74-76-78-80-82-84-86-88-95(98)102-92-94(93-104-106(100,101)103-91-90-97(3,4)5)105-96(99)89-87-85-83-81-79-77-75-73-71-69-67-65-63-61-59-57-55-53-51-49-47-45-43-41-39-37-35-33-31-29-27-25-23-21-19-17-15-13-11-9-7-2/h8-11,14-17,20-23,26-29,32-35,38-41,44-47,50-53,57,59,63,65,69,71,75,77,94H,6-7,12-13,18-19,24-25,30-31,36-37,42-43,48-49,54-56,58,60-62,64,66-68,70,72-74,76,78-93H2,1-5H3/p+1/b10-8-,11-9-,16-14-,17-15-,22-20-,23-21-,28-26-,29-27-,34-32-,35-33-,40-38-,41-39-,46-44-,47-45-,52-50-,53-51-,59-57-,65-63-,71-69-,77-75-. The SMILES string of the molecule is CC/C=C\C/C=C\C/C=C\C/C=C\C/C=C\C/C=C\C/C=C\C/C=C\C/C=C\C/C=C\C/C=C\C/C=C\CCCCCCC(=O)OC(COC(=O)CCCCCCCCCCCCCCCCCC/C=C\C/C=C\C/C=C\C/C=C\C/C=C\C/C=C\C/C=C\C/C=C\CC)COP(=O)(O)OCC[N+](C)(C)C. The average molecular weight is 1480 g/mol. The highest BCUT2D eigenvalue weighted by atomic mass is 31.2. The molecule has 0 aromatic heterocycles. The van der Waals surface area contributed by atoms with Crippen LogP contribution in [0.2, 0.25) is 0 Å². The molecule has 9 nitrogen and oxygen atoms in total. The van der Waals surface area contributed by atoms with E-state index >= 15 is 0 Å². The molecule has 1 N–H and O–H groups in total. The Hall–Kier alpha value is -6.19. The molecule has 0 aliphatic carbocycles. The van der Waals surface area contributed by atoms with Crippen molar-refractivity contribution in [2.75, 3.05) is 47.5 Å². The smallest absolute Gasteiger partial charge is 0.462 e. The Labute approximate surface area is 651 Å². The summed E-state index contributed by atoms with van der Waals surface area (Å²) in [5, 5.41) is 0. The van der Waals surface area contributed by atoms with E-state index in [-0.39, 0.29) is 32.0 Å². The van der Waals surface area contributed by atoms with Crippen molar-refractivity contribution in [1.82, 2.24) is 0 Å². The zero-order valence-electron chi connectivity index (χ0n) is 67.8. The first-order valence-corrected chi connectivity index (χ1v) is 43.3. The number of esters is 2. The van der Waals surface area contributed by atoms with Crippen LogP contribution in [0.4, 0.5) is 0 Å². The molecule has 0 radical (unpaired) electrons. The van der Waals surface area contributed by atoms with Crippen molar-refractivity contribution in [3.8, 4) is 0 Å². The summed E-state index contributed by atoms with van der Waals surface area (Å²) in [4.78, 5) is 36.0. The minimum absolute atomic E-state index is 0.0151. The number of carbonyl (C=O) groups excluding carboxylic acids is 2. The normalized spacial score (nSPS) is 14.3. The van der Waals surface area contributed by atoms with Crippen LogP contribution in [0.3, 0.4) is 0 Å². The van der Waals surface area contributed by atoms with Gasteiger partial charge in [0.25, 0.3) is 0 Å². The maximum atomic E-state index is 12.9. The van der Waals surface area contributed by atoms with Gasteiger partial charge in [0.05, 0.1) is 27.7 Å². The van der Waals surface area contributed by atoms with Crippen LogP contribution in [0.5, 0.6) is 0 Å². The van der Waals surface area contributed by atoms with Gasteiger partial charge in [-0.3, -0.25) is 18.6 Å². The van der Waals surface area contributed by atoms with Crippen LogP contribution >= 0.6 is 7.82 Å². The zero-order valence-corrected chi connectivity index (χ0v) is 68.7. The lowest BCUT2D eigenvalue weighted by atomic mass is 10.0. The van der Waals surface area contributed by atoms with E-state index in [0.29, 0.717) is 17.4 Å². The number of hydrogen-bond donors (Lipinski definition) is 1. The highest BCUT2D eigenvalue weighted by Crippen LogP contribution is 2.43. The van der Waals surface area contributed by atoms with Gasteiger partial charge >= 0.3 is 19.8 Å². The minimum Gasteiger partial charge on any atom is -0.462 e. The fourth-order valence-electron chi connectivity index (χ4n) is 10.6. The number of nitrogens with zero attached hydrogens (tertiary/aromatic N) is 1. The summed E-state index contributed by atoms with van der Waals surface area (Å²) in [6, 6.07) is 0. The van der Waals surface area contributed by atoms with Crippen LogP contribution in [0.1, 0.15) is 296 Å². The Balaban J connectivity index is 4.10. The monoisotopic (exact) mass is 1480 g/mol. The molecule has 0 saturated carbocycles. The molecule has 594 valence electrons. The predicted molar refractivity (Wildman–Crippen MR) is 463 cm³/mol. The Kier molecular flexibility index (Phi) is 78.0. The highest BCUT2D eigenvalue weighted by molar-refractivity contribution is 7.47. The number of carbonyl (C=O) groups is 2. The van der Waals surface area contributed by atoms with E-state index in [4.69, 9.17) is 18.5 Å². The molecule has 10 heteroatoms. The number of unbranched alkanes of at least 4 members (excludes halogenated alkanes) is 20. The molecular weight excluding hydrogens is 1330 g/mol. The largest absolute Gasteiger partial charge is 0.472 e. The quantitative estimate of drug-likeness (QED) is 0.0211. The van der Waals surface area contributed by atoms with E-state index < -0.39 is 26.5 Å². The highest BCUT2D eigenvalue weighted by Gasteiger charge is 2.27. The number of phosphoric acid groups is 1. The van der Waals surface area contributed by atoms with Crippen molar-refractivity contribution < 1.29 is 42.1 Å². The van der Waals surface area contributed by atoms with Gasteiger partial charge in [-0.05, 0) is 167 Å². The summed E-state index contributed by atoms with van der Waals surface area (Å²) in [6.45, 7) is 4.16. The summed E-state index contributed by atoms with van der Waals surface area (Å²) in [5.74, 6) is -0.837. The van der Waals surface area contributed by atoms with E-state index in [9.17, 15) is 19.0 Å². The summed E-state index contributed by atoms with van der Waals surface area (Å²) in [5.41, 5.74) is 0. The van der Waals surface area contributed by atoms with E-state index in [1.807, 2.05) is 21.1 Å². The maximum absolute atomic E-state index is 12.9. The molecule has 0 saturated heterocycles. The Morgan fingerprint density at radius 2 is 0.509 bits per heavy atom. The van der Waals surface area contributed by atoms with Gasteiger partial charge in [0.1, 0.15) is 19.8 Å². The van der Waals surface area contributed by atoms with Gasteiger partial charge in [0.2, 0.25) is 0 Å². The first kappa shape index (κ1) is 99.8. The topological polar surface area (TPSA) is 108 Å². The van der Waals surface area contributed by atoms with Crippen LogP contribution < -0.4 is 0 Å². The molecule has 0 fully saturated rings. The van der Waals surface area contributed by atoms with E-state index in [2.05, 4.69) is 257 Å². The minimum atomic E-state index is -4.42. The second kappa shape index (κ2) is 82.9. The fraction of sp³-hybridized carbons (Fsp3) is 0.562. The third-order valence-electron chi connectivity index (χ3n) is 16.9. The van der Waals surface area contributed by atoms with E-state index in [0.717, 1.165) is 173 Å². The van der Waals surface area contributed by atoms with Crippen molar-refractivity contribution in [2.24, 2.45) is 0 Å². The number of allylic oxidation sites excluding steroid dienone is 40. The summed E-state index contributed by atoms with van der Waals surface area (Å²) >= 11 is 0. The van der Waals surface area contributed by atoms with Crippen molar-refractivity contribution in [1.29, 1.82) is 0 Å². The second-order valence-electron chi connectivity index (χ2n) is 28.0. The molecule has 0 bridgehead atoms. The summed E-state index contributed by atoms with van der Waals surface area (Å²) in [6.07, 6.45) is 134. The van der Waals surface area contributed by atoms with Crippen molar-refractivity contribution >= 4 is 19.8 Å². The van der Waals surface area contributed by atoms with Crippen LogP contribution in [0.25, 0.3) is 0 Å². The molecule has 0 amide bonds. The molecule has 0 rings (SSSR count). The van der Waals surface area contributed by atoms with Gasteiger partial charge in [0.15, 0.2) is 6.10 Å². The average Bonchev–Trinajstić information content (AvgIpc) is 0.908. The molecule has 0 aliphatic heterocycles. The fourth-order valence-corrected chi connectivity index (χ4v) is 11.3. The molecule has 106 heavy (non-hydrogen) atoms. The van der Waals surface area contributed by atoms with Crippen LogP contribution in [0.15, 0.2) is 243 Å². The van der Waals surface area contributed by atoms with Crippen molar-refractivity contribution in [2.45, 2.75) is 302 Å². The van der Waals surface area contributed by atoms with Gasteiger partial charge in [-0.25, -0.2) is 4.57 Å². The van der Waals surface area contributed by atoms with E-state index in [1.54, 1.807) is 0 Å². The number of rotatable bonds is 74. The summed E-state index contributed by atoms with van der Waals surface area (Å²) < 4.78 is 34.8. The lowest BCUT2D eigenvalue weighted by molar-refractivity contribution is -0.870. The molecule has 2 unspecified atom stereocenters. The van der Waals surface area contributed by atoms with Gasteiger partial charge < -0.3 is 18.9 Å². The molecule has 0 aliphatic rings. The molecule has 2 atom stereocenters. The van der Waals surface area contributed by atoms with Gasteiger partial charge in [-0.2, -0.15) is 0 Å². The Bertz CT molecular complexity index is 2700. The Morgan fingerprint density at radius 3 is 0.755 bits per heavy atom. The van der Waals surface area contributed by atoms with Crippen LogP contribution in [-0.4, -0.2) is 74.9 Å². The maximum Gasteiger partial charge on any atom is 0.472 e. The van der Waals surface area contributed by atoms with Gasteiger partial charge in [0, 0.05) is 12.8 Å². The lowest BCUT2D eigenvalue weighted by Gasteiger charge is -2.24. The molecule has 0 aromatic carbocycles. The van der Waals surface area contributed by atoms with Gasteiger partial charge in [-0.1, -0.05) is 360 Å². The third kappa shape index (κ3) is 86.7. The van der Waals surface area contributed by atoms with Crippen molar-refractivity contribution in [3.05, 3.63) is 243 Å². The zero-order chi connectivity index (χ0) is 76.8. The second-order valence-corrected chi connectivity index (χ2v) is 29.5.